The average molecular weight is 292 g/mol. The highest BCUT2D eigenvalue weighted by Gasteiger charge is 2.24. The van der Waals surface area contributed by atoms with Gasteiger partial charge in [0.1, 0.15) is 0 Å². The average Bonchev–Trinajstić information content (AvgIpc) is 2.41. The van der Waals surface area contributed by atoms with E-state index in [0.717, 1.165) is 6.42 Å². The molecule has 0 aliphatic rings. The fourth-order valence-corrected chi connectivity index (χ4v) is 2.27. The van der Waals surface area contributed by atoms with Crippen LogP contribution in [0.1, 0.15) is 50.4 Å². The number of aliphatic carboxylic acids is 1. The summed E-state index contributed by atoms with van der Waals surface area (Å²) in [5.74, 6) is -0.666. The number of nitrogens with zero attached hydrogens (tertiary/aromatic N) is 1. The van der Waals surface area contributed by atoms with Crippen LogP contribution < -0.4 is 5.32 Å². The van der Waals surface area contributed by atoms with E-state index >= 15 is 0 Å². The molecule has 0 radical (unpaired) electrons. The molecule has 1 amide bonds. The topological polar surface area (TPSA) is 79.3 Å². The first-order valence-corrected chi connectivity index (χ1v) is 7.20. The van der Waals surface area contributed by atoms with Gasteiger partial charge in [-0.3, -0.25) is 14.6 Å². The van der Waals surface area contributed by atoms with E-state index in [-0.39, 0.29) is 23.7 Å². The normalized spacial score (nSPS) is 12.7. The Labute approximate surface area is 125 Å². The lowest BCUT2D eigenvalue weighted by Crippen LogP contribution is -2.30. The Morgan fingerprint density at radius 2 is 2.05 bits per heavy atom. The number of nitrogens with one attached hydrogen (secondary N) is 1. The highest BCUT2D eigenvalue weighted by Crippen LogP contribution is 2.32. The third kappa shape index (κ3) is 6.38. The fraction of sp³-hybridized carbons (Fsp3) is 0.562. The third-order valence-corrected chi connectivity index (χ3v) is 3.63. The number of amides is 1. The van der Waals surface area contributed by atoms with Crippen LogP contribution in [0.2, 0.25) is 0 Å². The van der Waals surface area contributed by atoms with E-state index in [2.05, 4.69) is 31.1 Å². The maximum atomic E-state index is 11.9. The van der Waals surface area contributed by atoms with Crippen molar-refractivity contribution in [2.75, 3.05) is 6.54 Å². The molecule has 1 unspecified atom stereocenters. The summed E-state index contributed by atoms with van der Waals surface area (Å²) >= 11 is 0. The molecule has 5 nitrogen and oxygen atoms in total. The largest absolute Gasteiger partial charge is 0.481 e. The van der Waals surface area contributed by atoms with E-state index in [9.17, 15) is 9.59 Å². The minimum atomic E-state index is -0.774. The molecule has 0 bridgehead atoms. The van der Waals surface area contributed by atoms with Crippen LogP contribution in [0.25, 0.3) is 0 Å². The van der Waals surface area contributed by atoms with Gasteiger partial charge in [0.15, 0.2) is 0 Å². The van der Waals surface area contributed by atoms with E-state index in [1.807, 2.05) is 0 Å². The molecule has 0 aromatic carbocycles. The van der Waals surface area contributed by atoms with Gasteiger partial charge in [-0.15, -0.1) is 0 Å². The number of carbonyl (C=O) groups is 2. The Kier molecular flexibility index (Phi) is 6.34. The van der Waals surface area contributed by atoms with Gasteiger partial charge in [0, 0.05) is 25.4 Å². The summed E-state index contributed by atoms with van der Waals surface area (Å²) in [6.45, 7) is 6.84. The zero-order chi connectivity index (χ0) is 15.9. The van der Waals surface area contributed by atoms with Gasteiger partial charge in [-0.1, -0.05) is 20.8 Å². The van der Waals surface area contributed by atoms with Crippen molar-refractivity contribution in [2.45, 2.75) is 40.0 Å². The van der Waals surface area contributed by atoms with E-state index in [4.69, 9.17) is 5.11 Å². The summed E-state index contributed by atoms with van der Waals surface area (Å²) in [6, 6.07) is 3.44. The first-order chi connectivity index (χ1) is 9.80. The van der Waals surface area contributed by atoms with Crippen LogP contribution in [0.5, 0.6) is 0 Å². The molecule has 1 aromatic rings. The molecule has 1 heterocycles. The predicted molar refractivity (Wildman–Crippen MR) is 81.0 cm³/mol. The van der Waals surface area contributed by atoms with E-state index in [0.29, 0.717) is 18.5 Å². The molecule has 116 valence electrons. The molecule has 1 rings (SSSR count). The summed E-state index contributed by atoms with van der Waals surface area (Å²) < 4.78 is 0. The highest BCUT2D eigenvalue weighted by atomic mass is 16.4. The number of hydrogen-bond acceptors (Lipinski definition) is 3. The number of carboxylic acids is 1. The van der Waals surface area contributed by atoms with Gasteiger partial charge >= 0.3 is 5.97 Å². The second kappa shape index (κ2) is 7.76. The molecule has 1 aromatic heterocycles. The third-order valence-electron chi connectivity index (χ3n) is 3.63. The summed E-state index contributed by atoms with van der Waals surface area (Å²) in [6.07, 6.45) is 4.71. The number of aromatic nitrogens is 1. The first kappa shape index (κ1) is 17.1. The predicted octanol–water partition coefficient (Wildman–Crippen LogP) is 2.73. The van der Waals surface area contributed by atoms with Crippen LogP contribution in [0.3, 0.4) is 0 Å². The quantitative estimate of drug-likeness (QED) is 0.810. The van der Waals surface area contributed by atoms with Crippen LogP contribution in [0, 0.1) is 11.3 Å². The molecule has 0 saturated carbocycles. The lowest BCUT2D eigenvalue weighted by molar-refractivity contribution is -0.137. The van der Waals surface area contributed by atoms with Gasteiger partial charge in [0.25, 0.3) is 5.91 Å². The van der Waals surface area contributed by atoms with Crippen molar-refractivity contribution in [1.82, 2.24) is 10.3 Å². The minimum absolute atomic E-state index is 0.0223. The zero-order valence-corrected chi connectivity index (χ0v) is 12.9. The molecule has 0 spiro atoms. The Morgan fingerprint density at radius 3 is 2.57 bits per heavy atom. The molecule has 0 aliphatic heterocycles. The maximum Gasteiger partial charge on any atom is 0.303 e. The molecule has 21 heavy (non-hydrogen) atoms. The SMILES string of the molecule is CC(C)(C)C(CCNC(=O)c1cccnc1)CCC(=O)O. The Morgan fingerprint density at radius 1 is 1.33 bits per heavy atom. The molecular weight excluding hydrogens is 268 g/mol. The molecule has 5 heteroatoms. The molecule has 0 saturated heterocycles. The van der Waals surface area contributed by atoms with Gasteiger partial charge in [-0.05, 0) is 36.3 Å². The summed E-state index contributed by atoms with van der Waals surface area (Å²) in [7, 11) is 0. The fourth-order valence-electron chi connectivity index (χ4n) is 2.27. The lowest BCUT2D eigenvalue weighted by Gasteiger charge is -2.30. The van der Waals surface area contributed by atoms with Crippen molar-refractivity contribution in [3.8, 4) is 0 Å². The Hall–Kier alpha value is -1.91. The van der Waals surface area contributed by atoms with Crippen LogP contribution in [0.4, 0.5) is 0 Å². The minimum Gasteiger partial charge on any atom is -0.481 e. The van der Waals surface area contributed by atoms with Gasteiger partial charge in [0.2, 0.25) is 0 Å². The van der Waals surface area contributed by atoms with Crippen LogP contribution in [-0.2, 0) is 4.79 Å². The van der Waals surface area contributed by atoms with E-state index < -0.39 is 5.97 Å². The van der Waals surface area contributed by atoms with Crippen LogP contribution in [-0.4, -0.2) is 28.5 Å². The van der Waals surface area contributed by atoms with Gasteiger partial charge < -0.3 is 10.4 Å². The standard InChI is InChI=1S/C16H24N2O3/c1-16(2,3)13(6-7-14(19)20)8-10-18-15(21)12-5-4-9-17-11-12/h4-5,9,11,13H,6-8,10H2,1-3H3,(H,18,21)(H,19,20). The van der Waals surface area contributed by atoms with Crippen molar-refractivity contribution < 1.29 is 14.7 Å². The Bertz CT molecular complexity index is 466. The van der Waals surface area contributed by atoms with Gasteiger partial charge in [0.05, 0.1) is 5.56 Å². The van der Waals surface area contributed by atoms with Crippen molar-refractivity contribution >= 4 is 11.9 Å². The van der Waals surface area contributed by atoms with Crippen LogP contribution >= 0.6 is 0 Å². The molecule has 1 atom stereocenters. The molecular formula is C16H24N2O3. The van der Waals surface area contributed by atoms with Crippen molar-refractivity contribution in [2.24, 2.45) is 11.3 Å². The van der Waals surface area contributed by atoms with Crippen LogP contribution in [0.15, 0.2) is 24.5 Å². The number of rotatable bonds is 7. The van der Waals surface area contributed by atoms with E-state index in [1.165, 1.54) is 6.20 Å². The summed E-state index contributed by atoms with van der Waals surface area (Å²) in [5, 5.41) is 11.7. The molecule has 0 fully saturated rings. The molecule has 2 N–H and O–H groups in total. The second-order valence-corrected chi connectivity index (χ2v) is 6.28. The van der Waals surface area contributed by atoms with E-state index in [1.54, 1.807) is 18.3 Å². The van der Waals surface area contributed by atoms with Crippen molar-refractivity contribution in [1.29, 1.82) is 0 Å². The summed E-state index contributed by atoms with van der Waals surface area (Å²) in [5.41, 5.74) is 0.560. The highest BCUT2D eigenvalue weighted by molar-refractivity contribution is 5.93. The Balaban J connectivity index is 2.46. The number of carboxylic acid groups (broad SMARTS) is 1. The zero-order valence-electron chi connectivity index (χ0n) is 12.9. The van der Waals surface area contributed by atoms with Gasteiger partial charge in [-0.2, -0.15) is 0 Å². The molecule has 0 aliphatic carbocycles. The summed E-state index contributed by atoms with van der Waals surface area (Å²) in [4.78, 5) is 26.5. The number of pyridine rings is 1. The number of carbonyl (C=O) groups excluding carboxylic acids is 1. The van der Waals surface area contributed by atoms with Crippen molar-refractivity contribution in [3.63, 3.8) is 0 Å². The number of hydrogen-bond donors (Lipinski definition) is 2. The first-order valence-electron chi connectivity index (χ1n) is 7.20. The van der Waals surface area contributed by atoms with Crippen molar-refractivity contribution in [3.05, 3.63) is 30.1 Å². The smallest absolute Gasteiger partial charge is 0.303 e. The lowest BCUT2D eigenvalue weighted by atomic mass is 9.76. The van der Waals surface area contributed by atoms with Gasteiger partial charge in [-0.25, -0.2) is 0 Å². The monoisotopic (exact) mass is 292 g/mol. The second-order valence-electron chi connectivity index (χ2n) is 6.28. The maximum absolute atomic E-state index is 11.9.